The summed E-state index contributed by atoms with van der Waals surface area (Å²) < 4.78 is 5.40. The minimum Gasteiger partial charge on any atom is -0.503 e. The fraction of sp³-hybridized carbons (Fsp3) is 0.0938. The van der Waals surface area contributed by atoms with Crippen LogP contribution in [0.3, 0.4) is 0 Å². The Morgan fingerprint density at radius 2 is 1.67 bits per heavy atom. The van der Waals surface area contributed by atoms with Gasteiger partial charge in [-0.05, 0) is 35.4 Å². The standard InChI is InChI=1S/C32H24N2O4S/c1-19-30(39-31(33-19)21-11-4-3-5-12-21)28(35)26-27(25-17-8-13-20-10-6-7-16-24(20)25)34(32(37)29(26)36)22-14-9-15-23(18-22)38-2/h3-18,27,36H,1-2H3. The van der Waals surface area contributed by atoms with E-state index in [0.717, 1.165) is 21.9 Å². The number of anilines is 1. The second-order valence-electron chi connectivity index (χ2n) is 9.24. The average molecular weight is 533 g/mol. The predicted octanol–water partition coefficient (Wildman–Crippen LogP) is 7.06. The van der Waals surface area contributed by atoms with E-state index in [1.807, 2.05) is 72.8 Å². The fourth-order valence-electron chi connectivity index (χ4n) is 5.08. The number of aliphatic hydroxyl groups excluding tert-OH is 1. The molecule has 6 rings (SSSR count). The number of hydrogen-bond acceptors (Lipinski definition) is 6. The first-order valence-electron chi connectivity index (χ1n) is 12.4. The van der Waals surface area contributed by atoms with Gasteiger partial charge < -0.3 is 9.84 Å². The summed E-state index contributed by atoms with van der Waals surface area (Å²) in [4.78, 5) is 34.4. The molecule has 2 heterocycles. The van der Waals surface area contributed by atoms with Gasteiger partial charge in [-0.1, -0.05) is 78.9 Å². The Hall–Kier alpha value is -4.75. The highest BCUT2D eigenvalue weighted by Gasteiger charge is 2.46. The maximum Gasteiger partial charge on any atom is 0.294 e. The summed E-state index contributed by atoms with van der Waals surface area (Å²) >= 11 is 1.26. The van der Waals surface area contributed by atoms with Crippen LogP contribution in [0.1, 0.15) is 27.0 Å². The highest BCUT2D eigenvalue weighted by Crippen LogP contribution is 2.45. The molecule has 1 amide bonds. The average Bonchev–Trinajstić information content (AvgIpc) is 3.49. The number of hydrogen-bond donors (Lipinski definition) is 1. The minimum atomic E-state index is -0.857. The molecular formula is C32H24N2O4S. The van der Waals surface area contributed by atoms with Gasteiger partial charge in [-0.2, -0.15) is 0 Å². The molecule has 1 atom stereocenters. The van der Waals surface area contributed by atoms with E-state index in [9.17, 15) is 14.7 Å². The first kappa shape index (κ1) is 24.6. The quantitative estimate of drug-likeness (QED) is 0.237. The number of aliphatic hydroxyl groups is 1. The zero-order valence-electron chi connectivity index (χ0n) is 21.3. The van der Waals surface area contributed by atoms with Gasteiger partial charge >= 0.3 is 0 Å². The van der Waals surface area contributed by atoms with Crippen LogP contribution in [0.4, 0.5) is 5.69 Å². The third-order valence-corrected chi connectivity index (χ3v) is 8.13. The molecule has 0 aliphatic carbocycles. The van der Waals surface area contributed by atoms with Crippen LogP contribution in [0.5, 0.6) is 5.75 Å². The second kappa shape index (κ2) is 9.85. The zero-order valence-corrected chi connectivity index (χ0v) is 22.1. The molecule has 39 heavy (non-hydrogen) atoms. The lowest BCUT2D eigenvalue weighted by Gasteiger charge is -2.28. The molecule has 192 valence electrons. The van der Waals surface area contributed by atoms with Crippen LogP contribution in [0.15, 0.2) is 108 Å². The van der Waals surface area contributed by atoms with Gasteiger partial charge in [0, 0.05) is 17.3 Å². The Morgan fingerprint density at radius 1 is 0.949 bits per heavy atom. The molecule has 1 unspecified atom stereocenters. The van der Waals surface area contributed by atoms with Crippen molar-refractivity contribution in [2.24, 2.45) is 0 Å². The number of Topliss-reactive ketones (excluding diaryl/α,β-unsaturated/α-hetero) is 1. The summed E-state index contributed by atoms with van der Waals surface area (Å²) in [7, 11) is 1.55. The monoisotopic (exact) mass is 532 g/mol. The number of carbonyl (C=O) groups excluding carboxylic acids is 2. The van der Waals surface area contributed by atoms with Crippen LogP contribution < -0.4 is 9.64 Å². The number of nitrogens with zero attached hydrogens (tertiary/aromatic N) is 2. The smallest absolute Gasteiger partial charge is 0.294 e. The molecule has 0 saturated carbocycles. The number of thiazole rings is 1. The number of ketones is 1. The van der Waals surface area contributed by atoms with Crippen molar-refractivity contribution in [2.45, 2.75) is 13.0 Å². The third-order valence-electron chi connectivity index (χ3n) is 6.93. The Kier molecular flexibility index (Phi) is 6.21. The van der Waals surface area contributed by atoms with Crippen molar-refractivity contribution in [3.8, 4) is 16.3 Å². The predicted molar refractivity (Wildman–Crippen MR) is 153 cm³/mol. The molecule has 0 saturated heterocycles. The number of benzene rings is 4. The van der Waals surface area contributed by atoms with E-state index in [1.54, 1.807) is 38.3 Å². The Morgan fingerprint density at radius 3 is 2.46 bits per heavy atom. The fourth-order valence-corrected chi connectivity index (χ4v) is 6.11. The number of amides is 1. The van der Waals surface area contributed by atoms with E-state index in [2.05, 4.69) is 4.98 Å². The summed E-state index contributed by atoms with van der Waals surface area (Å²) in [6, 6.07) is 29.4. The number of ether oxygens (including phenoxy) is 1. The topological polar surface area (TPSA) is 79.7 Å². The van der Waals surface area contributed by atoms with Crippen molar-refractivity contribution in [3.63, 3.8) is 0 Å². The SMILES string of the molecule is COc1cccc(N2C(=O)C(O)=C(C(=O)c3sc(-c4ccccc4)nc3C)C2c2cccc3ccccc23)c1. The number of aromatic nitrogens is 1. The molecule has 7 heteroatoms. The van der Waals surface area contributed by atoms with Gasteiger partial charge in [0.2, 0.25) is 5.78 Å². The van der Waals surface area contributed by atoms with Crippen molar-refractivity contribution in [1.29, 1.82) is 0 Å². The maximum absolute atomic E-state index is 14.2. The van der Waals surface area contributed by atoms with Crippen molar-refractivity contribution < 1.29 is 19.4 Å². The van der Waals surface area contributed by atoms with Crippen molar-refractivity contribution in [1.82, 2.24) is 4.98 Å². The lowest BCUT2D eigenvalue weighted by atomic mass is 9.91. The molecule has 1 aromatic heterocycles. The van der Waals surface area contributed by atoms with Gasteiger partial charge in [-0.25, -0.2) is 4.98 Å². The van der Waals surface area contributed by atoms with E-state index >= 15 is 0 Å². The van der Waals surface area contributed by atoms with Crippen molar-refractivity contribution in [3.05, 3.63) is 125 Å². The molecule has 6 nitrogen and oxygen atoms in total. The summed E-state index contributed by atoms with van der Waals surface area (Å²) in [6.07, 6.45) is 0. The lowest BCUT2D eigenvalue weighted by Crippen LogP contribution is -2.31. The number of carbonyl (C=O) groups is 2. The van der Waals surface area contributed by atoms with Gasteiger partial charge in [0.25, 0.3) is 5.91 Å². The summed E-state index contributed by atoms with van der Waals surface area (Å²) in [5.74, 6) is -1.06. The van der Waals surface area contributed by atoms with Crippen molar-refractivity contribution >= 4 is 39.5 Å². The lowest BCUT2D eigenvalue weighted by molar-refractivity contribution is -0.117. The van der Waals surface area contributed by atoms with Gasteiger partial charge in [-0.3, -0.25) is 14.5 Å². The van der Waals surface area contributed by atoms with Crippen molar-refractivity contribution in [2.75, 3.05) is 12.0 Å². The normalized spacial score (nSPS) is 15.3. The number of aryl methyl sites for hydroxylation is 1. The largest absolute Gasteiger partial charge is 0.503 e. The van der Waals surface area contributed by atoms with Gasteiger partial charge in [0.05, 0.1) is 29.3 Å². The Bertz CT molecular complexity index is 1770. The molecule has 0 fully saturated rings. The van der Waals surface area contributed by atoms with Crippen LogP contribution in [0.2, 0.25) is 0 Å². The first-order valence-corrected chi connectivity index (χ1v) is 13.3. The molecule has 1 aliphatic heterocycles. The second-order valence-corrected chi connectivity index (χ2v) is 10.2. The number of rotatable bonds is 6. The van der Waals surface area contributed by atoms with Crippen LogP contribution in [-0.4, -0.2) is 28.9 Å². The van der Waals surface area contributed by atoms with Crippen LogP contribution in [0, 0.1) is 6.92 Å². The zero-order chi connectivity index (χ0) is 27.1. The molecule has 0 spiro atoms. The van der Waals surface area contributed by atoms with Crippen LogP contribution in [-0.2, 0) is 4.79 Å². The molecule has 5 aromatic rings. The van der Waals surface area contributed by atoms with Gasteiger partial charge in [0.1, 0.15) is 10.8 Å². The molecular weight excluding hydrogens is 508 g/mol. The highest BCUT2D eigenvalue weighted by atomic mass is 32.1. The summed E-state index contributed by atoms with van der Waals surface area (Å²) in [5.41, 5.74) is 2.73. The molecule has 4 aromatic carbocycles. The third kappa shape index (κ3) is 4.17. The van der Waals surface area contributed by atoms with Crippen LogP contribution >= 0.6 is 11.3 Å². The first-order chi connectivity index (χ1) is 19.0. The van der Waals surface area contributed by atoms with E-state index in [-0.39, 0.29) is 5.57 Å². The minimum absolute atomic E-state index is 0.0329. The molecule has 1 N–H and O–H groups in total. The molecule has 1 aliphatic rings. The van der Waals surface area contributed by atoms with E-state index in [1.165, 1.54) is 16.2 Å². The molecule has 0 radical (unpaired) electrons. The highest BCUT2D eigenvalue weighted by molar-refractivity contribution is 7.17. The maximum atomic E-state index is 14.2. The Balaban J connectivity index is 1.54. The van der Waals surface area contributed by atoms with Gasteiger partial charge in [-0.15, -0.1) is 11.3 Å². The number of methoxy groups -OCH3 is 1. The molecule has 0 bridgehead atoms. The van der Waals surface area contributed by atoms with E-state index in [4.69, 9.17) is 4.74 Å². The van der Waals surface area contributed by atoms with Crippen LogP contribution in [0.25, 0.3) is 21.3 Å². The summed E-state index contributed by atoms with van der Waals surface area (Å²) in [5, 5.41) is 13.8. The Labute approximate surface area is 229 Å². The van der Waals surface area contributed by atoms with Gasteiger partial charge in [0.15, 0.2) is 5.76 Å². The van der Waals surface area contributed by atoms with E-state index in [0.29, 0.717) is 27.0 Å². The summed E-state index contributed by atoms with van der Waals surface area (Å²) in [6.45, 7) is 1.78. The van der Waals surface area contributed by atoms with E-state index < -0.39 is 23.5 Å². The number of fused-ring (bicyclic) bond motifs is 1.